The van der Waals surface area contributed by atoms with Gasteiger partial charge >= 0.3 is 0 Å². The number of carbonyl (C=O) groups excluding carboxylic acids is 1. The van der Waals surface area contributed by atoms with Crippen LogP contribution in [-0.4, -0.2) is 53.7 Å². The molecular formula is C18H22ClN2O5S+. The monoisotopic (exact) mass is 413 g/mol. The molecule has 2 N–H and O–H groups in total. The molecule has 1 aliphatic rings. The number of furan rings is 1. The van der Waals surface area contributed by atoms with Crippen LogP contribution >= 0.6 is 11.6 Å². The van der Waals surface area contributed by atoms with E-state index in [1.807, 2.05) is 0 Å². The van der Waals surface area contributed by atoms with Gasteiger partial charge in [-0.3, -0.25) is 4.79 Å². The number of rotatable bonds is 7. The van der Waals surface area contributed by atoms with Gasteiger partial charge < -0.3 is 19.4 Å². The lowest BCUT2D eigenvalue weighted by molar-refractivity contribution is -0.906. The maximum atomic E-state index is 12.4. The van der Waals surface area contributed by atoms with E-state index in [-0.39, 0.29) is 28.1 Å². The molecule has 0 aliphatic carbocycles. The highest BCUT2D eigenvalue weighted by molar-refractivity contribution is 7.90. The SMILES string of the molecule is O=C(NCC[NH+]1CCOCC1)c1ccc(CS(=O)(=O)c2ccc(Cl)cc2)o1. The molecule has 27 heavy (non-hydrogen) atoms. The second-order valence-corrected chi connectivity index (χ2v) is 8.77. The highest BCUT2D eigenvalue weighted by atomic mass is 35.5. The second-order valence-electron chi connectivity index (χ2n) is 6.35. The Morgan fingerprint density at radius 1 is 1.11 bits per heavy atom. The summed E-state index contributed by atoms with van der Waals surface area (Å²) in [7, 11) is -3.57. The zero-order valence-electron chi connectivity index (χ0n) is 14.7. The highest BCUT2D eigenvalue weighted by Gasteiger charge is 2.20. The lowest BCUT2D eigenvalue weighted by Crippen LogP contribution is -3.14. The fourth-order valence-electron chi connectivity index (χ4n) is 2.84. The van der Waals surface area contributed by atoms with Crippen molar-refractivity contribution in [2.24, 2.45) is 0 Å². The first kappa shape index (κ1) is 19.9. The van der Waals surface area contributed by atoms with E-state index < -0.39 is 9.84 Å². The molecule has 1 aromatic heterocycles. The van der Waals surface area contributed by atoms with Crippen LogP contribution in [0.4, 0.5) is 0 Å². The minimum Gasteiger partial charge on any atom is -0.455 e. The van der Waals surface area contributed by atoms with Gasteiger partial charge in [-0.25, -0.2) is 8.42 Å². The fraction of sp³-hybridized carbons (Fsp3) is 0.389. The lowest BCUT2D eigenvalue weighted by atomic mass is 10.4. The largest absolute Gasteiger partial charge is 0.455 e. The van der Waals surface area contributed by atoms with Gasteiger partial charge in [0, 0.05) is 5.02 Å². The van der Waals surface area contributed by atoms with Crippen LogP contribution in [0.2, 0.25) is 5.02 Å². The van der Waals surface area contributed by atoms with Crippen LogP contribution in [0.15, 0.2) is 45.7 Å². The summed E-state index contributed by atoms with van der Waals surface area (Å²) < 4.78 is 35.6. The third-order valence-electron chi connectivity index (χ3n) is 4.35. The van der Waals surface area contributed by atoms with Gasteiger partial charge in [0.1, 0.15) is 24.6 Å². The Balaban J connectivity index is 1.54. The minimum atomic E-state index is -3.57. The molecule has 1 saturated heterocycles. The number of hydrogen-bond acceptors (Lipinski definition) is 5. The van der Waals surface area contributed by atoms with Gasteiger partial charge in [-0.15, -0.1) is 0 Å². The number of nitrogens with one attached hydrogen (secondary N) is 2. The van der Waals surface area contributed by atoms with E-state index in [9.17, 15) is 13.2 Å². The molecule has 146 valence electrons. The molecule has 9 heteroatoms. The number of halogens is 1. The van der Waals surface area contributed by atoms with Crippen molar-refractivity contribution < 1.29 is 27.3 Å². The van der Waals surface area contributed by atoms with Crippen molar-refractivity contribution in [3.05, 3.63) is 52.9 Å². The van der Waals surface area contributed by atoms with Gasteiger partial charge in [0.05, 0.1) is 31.2 Å². The third-order valence-corrected chi connectivity index (χ3v) is 6.26. The van der Waals surface area contributed by atoms with Gasteiger partial charge in [0.25, 0.3) is 5.91 Å². The van der Waals surface area contributed by atoms with E-state index >= 15 is 0 Å². The molecule has 0 atom stereocenters. The summed E-state index contributed by atoms with van der Waals surface area (Å²) in [5, 5.41) is 3.26. The van der Waals surface area contributed by atoms with Crippen molar-refractivity contribution >= 4 is 27.3 Å². The van der Waals surface area contributed by atoms with Gasteiger partial charge in [0.2, 0.25) is 0 Å². The number of hydrogen-bond donors (Lipinski definition) is 2. The molecule has 1 aliphatic heterocycles. The Kier molecular flexibility index (Phi) is 6.54. The van der Waals surface area contributed by atoms with E-state index in [1.54, 1.807) is 0 Å². The number of quaternary nitrogens is 1. The molecule has 0 saturated carbocycles. The van der Waals surface area contributed by atoms with Crippen molar-refractivity contribution in [3.63, 3.8) is 0 Å². The molecule has 0 bridgehead atoms. The first-order chi connectivity index (χ1) is 12.9. The normalized spacial score (nSPS) is 15.6. The van der Waals surface area contributed by atoms with Crippen molar-refractivity contribution in [1.29, 1.82) is 0 Å². The predicted octanol–water partition coefficient (Wildman–Crippen LogP) is 0.552. The highest BCUT2D eigenvalue weighted by Crippen LogP contribution is 2.20. The molecule has 0 spiro atoms. The topological polar surface area (TPSA) is 90.0 Å². The third kappa shape index (κ3) is 5.55. The molecule has 1 aromatic carbocycles. The fourth-order valence-corrected chi connectivity index (χ4v) is 4.21. The Morgan fingerprint density at radius 2 is 1.81 bits per heavy atom. The number of amides is 1. The summed E-state index contributed by atoms with van der Waals surface area (Å²) in [6.07, 6.45) is 0. The maximum absolute atomic E-state index is 12.4. The molecule has 2 heterocycles. The number of ether oxygens (including phenoxy) is 1. The first-order valence-corrected chi connectivity index (χ1v) is 10.7. The zero-order valence-corrected chi connectivity index (χ0v) is 16.3. The Labute approximate surface area is 163 Å². The second kappa shape index (κ2) is 8.88. The van der Waals surface area contributed by atoms with E-state index in [1.165, 1.54) is 41.3 Å². The zero-order chi connectivity index (χ0) is 19.3. The quantitative estimate of drug-likeness (QED) is 0.692. The average Bonchev–Trinajstić information content (AvgIpc) is 3.11. The smallest absolute Gasteiger partial charge is 0.287 e. The van der Waals surface area contributed by atoms with Gasteiger partial charge in [-0.05, 0) is 36.4 Å². The molecule has 0 radical (unpaired) electrons. The van der Waals surface area contributed by atoms with Crippen LogP contribution < -0.4 is 10.2 Å². The molecule has 7 nitrogen and oxygen atoms in total. The Hall–Kier alpha value is -1.87. The number of morpholine rings is 1. The Bertz CT molecular complexity index is 873. The summed E-state index contributed by atoms with van der Waals surface area (Å²) in [4.78, 5) is 13.7. The molecule has 1 amide bonds. The summed E-state index contributed by atoms with van der Waals surface area (Å²) in [5.74, 6) is -0.347. The van der Waals surface area contributed by atoms with Crippen molar-refractivity contribution in [3.8, 4) is 0 Å². The summed E-state index contributed by atoms with van der Waals surface area (Å²) in [6, 6.07) is 8.93. The lowest BCUT2D eigenvalue weighted by Gasteiger charge is -2.23. The van der Waals surface area contributed by atoms with Crippen molar-refractivity contribution in [2.75, 3.05) is 39.4 Å². The van der Waals surface area contributed by atoms with Crippen LogP contribution in [0, 0.1) is 0 Å². The van der Waals surface area contributed by atoms with Crippen molar-refractivity contribution in [2.45, 2.75) is 10.6 Å². The molecule has 1 fully saturated rings. The van der Waals surface area contributed by atoms with Crippen LogP contribution in [0.3, 0.4) is 0 Å². The summed E-state index contributed by atoms with van der Waals surface area (Å²) in [5.41, 5.74) is 0. The molecular weight excluding hydrogens is 392 g/mol. The van der Waals surface area contributed by atoms with E-state index in [0.717, 1.165) is 32.8 Å². The molecule has 0 unspecified atom stereocenters. The van der Waals surface area contributed by atoms with Crippen LogP contribution in [-0.2, 0) is 20.3 Å². The number of sulfone groups is 1. The number of benzene rings is 1. The predicted molar refractivity (Wildman–Crippen MR) is 99.8 cm³/mol. The first-order valence-electron chi connectivity index (χ1n) is 8.70. The van der Waals surface area contributed by atoms with Gasteiger partial charge in [-0.2, -0.15) is 0 Å². The summed E-state index contributed by atoms with van der Waals surface area (Å²) >= 11 is 5.79. The molecule has 2 aromatic rings. The average molecular weight is 414 g/mol. The van der Waals surface area contributed by atoms with E-state index in [0.29, 0.717) is 11.6 Å². The summed E-state index contributed by atoms with van der Waals surface area (Å²) in [6.45, 7) is 4.69. The standard InChI is InChI=1S/C18H21ClN2O5S/c19-14-1-4-16(5-2-14)27(23,24)13-15-3-6-17(26-15)18(22)20-7-8-21-9-11-25-12-10-21/h1-6H,7-13H2,(H,20,22)/p+1. The van der Waals surface area contributed by atoms with Gasteiger partial charge in [0.15, 0.2) is 15.6 Å². The van der Waals surface area contributed by atoms with Crippen molar-refractivity contribution in [1.82, 2.24) is 5.32 Å². The van der Waals surface area contributed by atoms with Crippen LogP contribution in [0.25, 0.3) is 0 Å². The number of carbonyl (C=O) groups is 1. The Morgan fingerprint density at radius 3 is 2.52 bits per heavy atom. The molecule has 3 rings (SSSR count). The van der Waals surface area contributed by atoms with E-state index in [2.05, 4.69) is 5.32 Å². The van der Waals surface area contributed by atoms with Crippen LogP contribution in [0.5, 0.6) is 0 Å². The van der Waals surface area contributed by atoms with Crippen LogP contribution in [0.1, 0.15) is 16.3 Å². The van der Waals surface area contributed by atoms with E-state index in [4.69, 9.17) is 20.8 Å². The maximum Gasteiger partial charge on any atom is 0.287 e. The minimum absolute atomic E-state index is 0.105. The van der Waals surface area contributed by atoms with Gasteiger partial charge in [-0.1, -0.05) is 11.6 Å².